The van der Waals surface area contributed by atoms with Crippen molar-refractivity contribution in [2.75, 3.05) is 13.2 Å². The van der Waals surface area contributed by atoms with E-state index in [0.29, 0.717) is 24.5 Å². The van der Waals surface area contributed by atoms with E-state index in [2.05, 4.69) is 32.9 Å². The van der Waals surface area contributed by atoms with Gasteiger partial charge in [-0.1, -0.05) is 71.4 Å². The van der Waals surface area contributed by atoms with E-state index in [9.17, 15) is 4.79 Å². The second-order valence-corrected chi connectivity index (χ2v) is 9.55. The van der Waals surface area contributed by atoms with Crippen LogP contribution in [0.2, 0.25) is 0 Å². The molecule has 2 aromatic rings. The highest BCUT2D eigenvalue weighted by atomic mass is 16.5. The van der Waals surface area contributed by atoms with Gasteiger partial charge in [0.25, 0.3) is 0 Å². The van der Waals surface area contributed by atoms with Crippen molar-refractivity contribution in [2.24, 2.45) is 5.92 Å². The molecular weight excluding hydrogens is 448 g/mol. The average Bonchev–Trinajstić information content (AvgIpc) is 2.90. The molecule has 4 heteroatoms. The Balaban J connectivity index is 1.63. The van der Waals surface area contributed by atoms with Crippen LogP contribution in [-0.2, 0) is 0 Å². The number of ether oxygens (including phenoxy) is 3. The maximum absolute atomic E-state index is 12.5. The fourth-order valence-corrected chi connectivity index (χ4v) is 3.73. The summed E-state index contributed by atoms with van der Waals surface area (Å²) in [5.41, 5.74) is 0.497. The number of hydrogen-bond acceptors (Lipinski definition) is 4. The molecule has 4 nitrogen and oxygen atoms in total. The summed E-state index contributed by atoms with van der Waals surface area (Å²) in [5.74, 6) is 2.50. The lowest BCUT2D eigenvalue weighted by Crippen LogP contribution is -2.08. The minimum absolute atomic E-state index is 0.383. The number of carbonyl (C=O) groups excluding carboxylic acids is 1. The van der Waals surface area contributed by atoms with Crippen LogP contribution in [-0.4, -0.2) is 19.2 Å². The van der Waals surface area contributed by atoms with Crippen LogP contribution in [0.5, 0.6) is 17.2 Å². The zero-order valence-corrected chi connectivity index (χ0v) is 22.7. The molecule has 0 aliphatic heterocycles. The molecule has 0 spiro atoms. The first-order valence-corrected chi connectivity index (χ1v) is 13.9. The second-order valence-electron chi connectivity index (χ2n) is 9.55. The van der Waals surface area contributed by atoms with Crippen molar-refractivity contribution in [1.29, 1.82) is 0 Å². The summed E-state index contributed by atoms with van der Waals surface area (Å²) in [6.07, 6.45) is 17.5. The normalized spacial score (nSPS) is 12.0. The molecule has 0 N–H and O–H groups in total. The van der Waals surface area contributed by atoms with Gasteiger partial charge >= 0.3 is 5.97 Å². The summed E-state index contributed by atoms with van der Waals surface area (Å²) >= 11 is 0. The summed E-state index contributed by atoms with van der Waals surface area (Å²) in [5, 5.41) is 0. The minimum atomic E-state index is -0.383. The van der Waals surface area contributed by atoms with Crippen molar-refractivity contribution in [3.8, 4) is 17.2 Å². The number of allylic oxidation sites excluding steroid dienone is 2. The van der Waals surface area contributed by atoms with E-state index in [1.807, 2.05) is 24.3 Å². The molecule has 0 aliphatic carbocycles. The number of rotatable bonds is 19. The predicted octanol–water partition coefficient (Wildman–Crippen LogP) is 9.19. The monoisotopic (exact) mass is 494 g/mol. The van der Waals surface area contributed by atoms with Gasteiger partial charge in [0.1, 0.15) is 17.2 Å². The number of unbranched alkanes of at least 4 members (excludes halogenated alkanes) is 6. The lowest BCUT2D eigenvalue weighted by molar-refractivity contribution is 0.0734. The van der Waals surface area contributed by atoms with Crippen LogP contribution in [0.1, 0.15) is 102 Å². The van der Waals surface area contributed by atoms with Crippen molar-refractivity contribution >= 4 is 5.97 Å². The van der Waals surface area contributed by atoms with Gasteiger partial charge in [-0.25, -0.2) is 4.79 Å². The van der Waals surface area contributed by atoms with Crippen LogP contribution in [0.15, 0.2) is 60.7 Å². The molecule has 0 aromatic heterocycles. The maximum atomic E-state index is 12.5. The largest absolute Gasteiger partial charge is 0.494 e. The Hall–Kier alpha value is -2.75. The van der Waals surface area contributed by atoms with E-state index in [1.54, 1.807) is 24.3 Å². The van der Waals surface area contributed by atoms with E-state index in [1.165, 1.54) is 44.9 Å². The fraction of sp³-hybridized carbons (Fsp3) is 0.531. The van der Waals surface area contributed by atoms with Crippen LogP contribution < -0.4 is 14.2 Å². The zero-order valence-electron chi connectivity index (χ0n) is 22.7. The molecule has 36 heavy (non-hydrogen) atoms. The van der Waals surface area contributed by atoms with E-state index >= 15 is 0 Å². The van der Waals surface area contributed by atoms with Crippen LogP contribution >= 0.6 is 0 Å². The van der Waals surface area contributed by atoms with E-state index in [0.717, 1.165) is 43.1 Å². The Morgan fingerprint density at radius 2 is 1.28 bits per heavy atom. The van der Waals surface area contributed by atoms with E-state index < -0.39 is 0 Å². The molecule has 0 bridgehead atoms. The summed E-state index contributed by atoms with van der Waals surface area (Å²) in [4.78, 5) is 12.5. The quantitative estimate of drug-likeness (QED) is 0.0845. The van der Waals surface area contributed by atoms with Crippen molar-refractivity contribution in [2.45, 2.75) is 91.4 Å². The smallest absolute Gasteiger partial charge is 0.343 e. The van der Waals surface area contributed by atoms with Gasteiger partial charge in [-0.15, -0.1) is 0 Å². The van der Waals surface area contributed by atoms with Crippen LogP contribution in [0.25, 0.3) is 0 Å². The third-order valence-electron chi connectivity index (χ3n) is 6.36. The lowest BCUT2D eigenvalue weighted by atomic mass is 10.0. The van der Waals surface area contributed by atoms with Gasteiger partial charge in [-0.05, 0) is 86.6 Å². The summed E-state index contributed by atoms with van der Waals surface area (Å²) < 4.78 is 17.1. The first-order chi connectivity index (χ1) is 17.6. The number of benzene rings is 2. The summed E-state index contributed by atoms with van der Waals surface area (Å²) in [6, 6.07) is 14.4. The van der Waals surface area contributed by atoms with Gasteiger partial charge in [0, 0.05) is 0 Å². The van der Waals surface area contributed by atoms with Crippen molar-refractivity contribution in [3.63, 3.8) is 0 Å². The van der Waals surface area contributed by atoms with Crippen LogP contribution in [0, 0.1) is 5.92 Å². The molecule has 198 valence electrons. The highest BCUT2D eigenvalue weighted by Gasteiger charge is 2.09. The van der Waals surface area contributed by atoms with Crippen LogP contribution in [0.3, 0.4) is 0 Å². The highest BCUT2D eigenvalue weighted by molar-refractivity contribution is 5.91. The number of carbonyl (C=O) groups is 1. The molecule has 0 saturated heterocycles. The molecule has 1 atom stereocenters. The zero-order chi connectivity index (χ0) is 25.8. The third kappa shape index (κ3) is 12.8. The molecule has 0 fully saturated rings. The van der Waals surface area contributed by atoms with Crippen LogP contribution in [0.4, 0.5) is 0 Å². The van der Waals surface area contributed by atoms with E-state index in [4.69, 9.17) is 14.2 Å². The first kappa shape index (κ1) is 29.5. The van der Waals surface area contributed by atoms with Crippen molar-refractivity contribution in [3.05, 3.63) is 66.2 Å². The molecular formula is C32H46O4. The first-order valence-electron chi connectivity index (χ1n) is 13.9. The van der Waals surface area contributed by atoms with Gasteiger partial charge in [-0.2, -0.15) is 0 Å². The molecule has 0 unspecified atom stereocenters. The molecule has 2 aromatic carbocycles. The maximum Gasteiger partial charge on any atom is 0.343 e. The minimum Gasteiger partial charge on any atom is -0.494 e. The Morgan fingerprint density at radius 1 is 0.722 bits per heavy atom. The standard InChI is InChI=1S/C32H46O4/c1-4-6-7-8-9-10-11-14-25-34-29-19-17-28(18-20-29)32(33)36-31-23-21-30(22-24-31)35-26-15-12-13-16-27(3)5-2/h8-9,17-24,27H,4-7,10-16,25-26H2,1-3H3/b9-8-/t27-/m0/s1. The van der Waals surface area contributed by atoms with Crippen molar-refractivity contribution < 1.29 is 19.0 Å². The third-order valence-corrected chi connectivity index (χ3v) is 6.36. The molecule has 0 radical (unpaired) electrons. The Labute approximate surface area is 219 Å². The summed E-state index contributed by atoms with van der Waals surface area (Å²) in [7, 11) is 0. The molecule has 0 aliphatic rings. The van der Waals surface area contributed by atoms with Gasteiger partial charge in [-0.3, -0.25) is 0 Å². The Morgan fingerprint density at radius 3 is 1.89 bits per heavy atom. The molecule has 0 saturated carbocycles. The fourth-order valence-electron chi connectivity index (χ4n) is 3.73. The highest BCUT2D eigenvalue weighted by Crippen LogP contribution is 2.20. The topological polar surface area (TPSA) is 44.8 Å². The second kappa shape index (κ2) is 18.5. The van der Waals surface area contributed by atoms with Gasteiger partial charge in [0.05, 0.1) is 18.8 Å². The van der Waals surface area contributed by atoms with E-state index in [-0.39, 0.29) is 5.97 Å². The average molecular weight is 495 g/mol. The molecule has 0 amide bonds. The Bertz CT molecular complexity index is 855. The van der Waals surface area contributed by atoms with Crippen molar-refractivity contribution in [1.82, 2.24) is 0 Å². The number of hydrogen-bond donors (Lipinski definition) is 0. The lowest BCUT2D eigenvalue weighted by Gasteiger charge is -2.10. The predicted molar refractivity (Wildman–Crippen MR) is 149 cm³/mol. The molecule has 0 heterocycles. The molecule has 2 rings (SSSR count). The van der Waals surface area contributed by atoms with Gasteiger partial charge < -0.3 is 14.2 Å². The van der Waals surface area contributed by atoms with Gasteiger partial charge in [0.2, 0.25) is 0 Å². The van der Waals surface area contributed by atoms with Gasteiger partial charge in [0.15, 0.2) is 0 Å². The number of esters is 1. The SMILES string of the molecule is CCCC/C=C\CCCCOc1ccc(C(=O)Oc2ccc(OCCCCC[C@@H](C)CC)cc2)cc1. The summed E-state index contributed by atoms with van der Waals surface area (Å²) in [6.45, 7) is 8.17. The Kier molecular flexibility index (Phi) is 15.2.